The topological polar surface area (TPSA) is 61.4 Å². The highest BCUT2D eigenvalue weighted by Gasteiger charge is 2.26. The lowest BCUT2D eigenvalue weighted by atomic mass is 9.75. The van der Waals surface area contributed by atoms with Gasteiger partial charge in [0, 0.05) is 23.8 Å². The number of benzene rings is 1. The Hall–Kier alpha value is -1.55. The van der Waals surface area contributed by atoms with E-state index in [2.05, 4.69) is 24.5 Å². The first-order chi connectivity index (χ1) is 10.00. The van der Waals surface area contributed by atoms with E-state index in [1.54, 1.807) is 6.07 Å². The summed E-state index contributed by atoms with van der Waals surface area (Å²) in [5.74, 6) is -0.141. The van der Waals surface area contributed by atoms with Crippen LogP contribution in [0.15, 0.2) is 24.3 Å². The summed E-state index contributed by atoms with van der Waals surface area (Å²) in [7, 11) is 0. The Morgan fingerprint density at radius 3 is 2.71 bits per heavy atom. The number of aliphatic hydroxyl groups is 1. The van der Waals surface area contributed by atoms with Crippen molar-refractivity contribution in [3.8, 4) is 0 Å². The largest absolute Gasteiger partial charge is 0.395 e. The minimum absolute atomic E-state index is 0.0401. The van der Waals surface area contributed by atoms with E-state index in [4.69, 9.17) is 5.11 Å². The summed E-state index contributed by atoms with van der Waals surface area (Å²) >= 11 is 0. The van der Waals surface area contributed by atoms with Crippen LogP contribution in [0, 0.1) is 5.41 Å². The summed E-state index contributed by atoms with van der Waals surface area (Å²) in [5.41, 5.74) is 2.09. The number of rotatable bonds is 5. The fourth-order valence-corrected chi connectivity index (χ4v) is 2.80. The van der Waals surface area contributed by atoms with Crippen LogP contribution in [-0.4, -0.2) is 30.2 Å². The van der Waals surface area contributed by atoms with Crippen LogP contribution in [0.4, 0.5) is 5.69 Å². The fourth-order valence-electron chi connectivity index (χ4n) is 2.80. The van der Waals surface area contributed by atoms with Crippen LogP contribution < -0.4 is 10.6 Å². The summed E-state index contributed by atoms with van der Waals surface area (Å²) in [4.78, 5) is 11.9. The van der Waals surface area contributed by atoms with Crippen LogP contribution in [0.3, 0.4) is 0 Å². The maximum absolute atomic E-state index is 11.9. The molecule has 3 N–H and O–H groups in total. The third-order valence-corrected chi connectivity index (χ3v) is 4.23. The quantitative estimate of drug-likeness (QED) is 0.781. The predicted molar refractivity (Wildman–Crippen MR) is 85.5 cm³/mol. The molecule has 116 valence electrons. The molecule has 0 atom stereocenters. The van der Waals surface area contributed by atoms with E-state index in [0.717, 1.165) is 5.69 Å². The molecule has 0 aliphatic heterocycles. The van der Waals surface area contributed by atoms with Gasteiger partial charge in [0.05, 0.1) is 6.61 Å². The fraction of sp³-hybridized carbons (Fsp3) is 0.588. The molecule has 0 radical (unpaired) electrons. The summed E-state index contributed by atoms with van der Waals surface area (Å²) in [6, 6.07) is 8.06. The second kappa shape index (κ2) is 6.94. The molecule has 1 aromatic carbocycles. The van der Waals surface area contributed by atoms with E-state index in [1.807, 2.05) is 18.2 Å². The molecule has 0 saturated heterocycles. The van der Waals surface area contributed by atoms with Gasteiger partial charge in [0.1, 0.15) is 0 Å². The van der Waals surface area contributed by atoms with Crippen LogP contribution in [0.5, 0.6) is 0 Å². The van der Waals surface area contributed by atoms with Gasteiger partial charge in [-0.1, -0.05) is 19.9 Å². The highest BCUT2D eigenvalue weighted by atomic mass is 16.3. The van der Waals surface area contributed by atoms with E-state index in [0.29, 0.717) is 17.0 Å². The Balaban J connectivity index is 1.94. The van der Waals surface area contributed by atoms with Crippen molar-refractivity contribution >= 4 is 11.6 Å². The van der Waals surface area contributed by atoms with Crippen molar-refractivity contribution in [2.75, 3.05) is 18.5 Å². The Kier molecular flexibility index (Phi) is 5.23. The van der Waals surface area contributed by atoms with Crippen molar-refractivity contribution in [3.05, 3.63) is 29.8 Å². The molecule has 1 fully saturated rings. The number of hydrogen-bond donors (Lipinski definition) is 3. The third kappa shape index (κ3) is 4.74. The molecule has 1 saturated carbocycles. The van der Waals surface area contributed by atoms with E-state index >= 15 is 0 Å². The minimum atomic E-state index is -0.141. The van der Waals surface area contributed by atoms with Gasteiger partial charge in [-0.3, -0.25) is 4.79 Å². The van der Waals surface area contributed by atoms with Gasteiger partial charge in [-0.15, -0.1) is 0 Å². The molecule has 4 nitrogen and oxygen atoms in total. The Morgan fingerprint density at radius 2 is 2.05 bits per heavy atom. The molecule has 0 heterocycles. The molecule has 1 aromatic rings. The normalized spacial score (nSPS) is 18.2. The molecule has 0 aromatic heterocycles. The lowest BCUT2D eigenvalue weighted by molar-refractivity contribution is 0.0945. The van der Waals surface area contributed by atoms with Crippen molar-refractivity contribution in [1.82, 2.24) is 5.32 Å². The Morgan fingerprint density at radius 1 is 1.33 bits per heavy atom. The van der Waals surface area contributed by atoms with Crippen LogP contribution >= 0.6 is 0 Å². The first-order valence-corrected chi connectivity index (χ1v) is 7.76. The van der Waals surface area contributed by atoms with Gasteiger partial charge in [0.2, 0.25) is 0 Å². The van der Waals surface area contributed by atoms with E-state index < -0.39 is 0 Å². The number of aliphatic hydroxyl groups excluding tert-OH is 1. The van der Waals surface area contributed by atoms with Gasteiger partial charge in [-0.25, -0.2) is 0 Å². The Bertz CT molecular complexity index is 475. The minimum Gasteiger partial charge on any atom is -0.395 e. The zero-order valence-electron chi connectivity index (χ0n) is 13.0. The number of amides is 1. The zero-order valence-corrected chi connectivity index (χ0v) is 13.0. The van der Waals surface area contributed by atoms with Gasteiger partial charge in [0.15, 0.2) is 0 Å². The van der Waals surface area contributed by atoms with Crippen molar-refractivity contribution in [3.63, 3.8) is 0 Å². The van der Waals surface area contributed by atoms with Gasteiger partial charge in [0.25, 0.3) is 5.91 Å². The van der Waals surface area contributed by atoms with Crippen LogP contribution in [-0.2, 0) is 0 Å². The first-order valence-electron chi connectivity index (χ1n) is 7.76. The Labute approximate surface area is 126 Å². The molecule has 0 spiro atoms. The number of nitrogens with one attached hydrogen (secondary N) is 2. The molecule has 0 bridgehead atoms. The molecule has 1 aliphatic rings. The number of anilines is 1. The number of carbonyl (C=O) groups excluding carboxylic acids is 1. The maximum atomic E-state index is 11.9. The molecule has 1 aliphatic carbocycles. The highest BCUT2D eigenvalue weighted by molar-refractivity contribution is 5.95. The molecule has 0 unspecified atom stereocenters. The second-order valence-electron chi connectivity index (χ2n) is 6.64. The maximum Gasteiger partial charge on any atom is 0.251 e. The van der Waals surface area contributed by atoms with E-state index in [1.165, 1.54) is 25.7 Å². The van der Waals surface area contributed by atoms with Crippen molar-refractivity contribution in [1.29, 1.82) is 0 Å². The van der Waals surface area contributed by atoms with Crippen molar-refractivity contribution in [2.24, 2.45) is 5.41 Å². The number of carbonyl (C=O) groups is 1. The summed E-state index contributed by atoms with van der Waals surface area (Å²) < 4.78 is 0. The predicted octanol–water partition coefficient (Wildman–Crippen LogP) is 2.79. The van der Waals surface area contributed by atoms with Gasteiger partial charge in [-0.2, -0.15) is 0 Å². The van der Waals surface area contributed by atoms with Crippen molar-refractivity contribution < 1.29 is 9.90 Å². The average molecular weight is 290 g/mol. The molecule has 4 heteroatoms. The van der Waals surface area contributed by atoms with Gasteiger partial charge < -0.3 is 15.7 Å². The lowest BCUT2D eigenvalue weighted by Crippen LogP contribution is -2.30. The van der Waals surface area contributed by atoms with E-state index in [-0.39, 0.29) is 19.1 Å². The SMILES string of the molecule is CC1(C)CCC(Nc2cccc(C(=O)NCCO)c2)CC1. The van der Waals surface area contributed by atoms with Crippen LogP contribution in [0.1, 0.15) is 49.9 Å². The standard InChI is InChI=1S/C17H26N2O2/c1-17(2)8-6-14(7-9-17)19-15-5-3-4-13(12-15)16(21)18-10-11-20/h3-5,12,14,19-20H,6-11H2,1-2H3,(H,18,21). The molecular formula is C17H26N2O2. The first kappa shape index (κ1) is 15.8. The summed E-state index contributed by atoms with van der Waals surface area (Å²) in [5, 5.41) is 15.0. The second-order valence-corrected chi connectivity index (χ2v) is 6.64. The monoisotopic (exact) mass is 290 g/mol. The lowest BCUT2D eigenvalue weighted by Gasteiger charge is -2.35. The van der Waals surface area contributed by atoms with Crippen LogP contribution in [0.2, 0.25) is 0 Å². The van der Waals surface area contributed by atoms with Crippen LogP contribution in [0.25, 0.3) is 0 Å². The highest BCUT2D eigenvalue weighted by Crippen LogP contribution is 2.36. The zero-order chi connectivity index (χ0) is 15.3. The van der Waals surface area contributed by atoms with Gasteiger partial charge >= 0.3 is 0 Å². The summed E-state index contributed by atoms with van der Waals surface area (Å²) in [6.45, 7) is 4.90. The van der Waals surface area contributed by atoms with Crippen molar-refractivity contribution in [2.45, 2.75) is 45.6 Å². The summed E-state index contributed by atoms with van der Waals surface area (Å²) in [6.07, 6.45) is 4.82. The molecule has 1 amide bonds. The number of hydrogen-bond acceptors (Lipinski definition) is 3. The molecule has 21 heavy (non-hydrogen) atoms. The van der Waals surface area contributed by atoms with Gasteiger partial charge in [-0.05, 0) is 49.3 Å². The molecule has 2 rings (SSSR count). The van der Waals surface area contributed by atoms with E-state index in [9.17, 15) is 4.79 Å². The molecular weight excluding hydrogens is 264 g/mol. The third-order valence-electron chi connectivity index (χ3n) is 4.23. The average Bonchev–Trinajstić information content (AvgIpc) is 2.47. The smallest absolute Gasteiger partial charge is 0.251 e.